The molecule has 0 unspecified atom stereocenters. The molecule has 0 radical (unpaired) electrons. The summed E-state index contributed by atoms with van der Waals surface area (Å²) in [5.41, 5.74) is 1.11. The molecule has 0 amide bonds. The number of rotatable bonds is 3. The average molecular weight is 234 g/mol. The summed E-state index contributed by atoms with van der Waals surface area (Å²) in [4.78, 5) is 11.0. The van der Waals surface area contributed by atoms with Crippen LogP contribution in [0.25, 0.3) is 0 Å². The minimum Gasteiger partial charge on any atom is -0.367 e. The predicted molar refractivity (Wildman–Crippen MR) is 70.3 cm³/mol. The molecule has 2 rings (SSSR count). The number of likely N-dealkylation sites (tertiary alicyclic amines) is 1. The van der Waals surface area contributed by atoms with Gasteiger partial charge in [0.15, 0.2) is 0 Å². The number of hydrogen-bond acceptors (Lipinski definition) is 4. The highest BCUT2D eigenvalue weighted by Gasteiger charge is 2.16. The summed E-state index contributed by atoms with van der Waals surface area (Å²) in [6, 6.07) is 2.63. The van der Waals surface area contributed by atoms with Crippen molar-refractivity contribution >= 4 is 5.82 Å². The minimum atomic E-state index is 0.455. The maximum absolute atomic E-state index is 4.30. The molecule has 1 fully saturated rings. The van der Waals surface area contributed by atoms with Gasteiger partial charge in [0.1, 0.15) is 12.1 Å². The highest BCUT2D eigenvalue weighted by Crippen LogP contribution is 2.17. The standard InChI is InChI=1S/C13H22N4/c1-10(2)12-8-13(15-9-14-12)16-11-4-6-17(3)7-5-11/h8-11H,4-7H2,1-3H3,(H,14,15,16). The Morgan fingerprint density at radius 2 is 2.00 bits per heavy atom. The van der Waals surface area contributed by atoms with Crippen LogP contribution in [0.1, 0.15) is 38.3 Å². The van der Waals surface area contributed by atoms with Gasteiger partial charge in [0.25, 0.3) is 0 Å². The van der Waals surface area contributed by atoms with Crippen molar-refractivity contribution in [1.82, 2.24) is 14.9 Å². The quantitative estimate of drug-likeness (QED) is 0.869. The molecule has 0 spiro atoms. The summed E-state index contributed by atoms with van der Waals surface area (Å²) < 4.78 is 0. The number of hydrogen-bond donors (Lipinski definition) is 1. The third-order valence-electron chi connectivity index (χ3n) is 3.35. The highest BCUT2D eigenvalue weighted by atomic mass is 15.1. The summed E-state index contributed by atoms with van der Waals surface area (Å²) in [7, 11) is 2.18. The Bertz CT molecular complexity index is 356. The van der Waals surface area contributed by atoms with Crippen molar-refractivity contribution in [3.05, 3.63) is 18.1 Å². The van der Waals surface area contributed by atoms with E-state index in [1.165, 1.54) is 25.9 Å². The van der Waals surface area contributed by atoms with Crippen LogP contribution >= 0.6 is 0 Å². The molecule has 1 aromatic rings. The first-order valence-electron chi connectivity index (χ1n) is 6.42. The van der Waals surface area contributed by atoms with Crippen molar-refractivity contribution in [3.8, 4) is 0 Å². The van der Waals surface area contributed by atoms with Crippen LogP contribution in [0.4, 0.5) is 5.82 Å². The minimum absolute atomic E-state index is 0.455. The van der Waals surface area contributed by atoms with E-state index in [-0.39, 0.29) is 0 Å². The molecule has 17 heavy (non-hydrogen) atoms. The van der Waals surface area contributed by atoms with E-state index in [9.17, 15) is 0 Å². The zero-order valence-corrected chi connectivity index (χ0v) is 11.0. The fourth-order valence-corrected chi connectivity index (χ4v) is 2.13. The van der Waals surface area contributed by atoms with Crippen LogP contribution in [0, 0.1) is 0 Å². The number of nitrogens with zero attached hydrogens (tertiary/aromatic N) is 3. The third-order valence-corrected chi connectivity index (χ3v) is 3.35. The molecule has 0 atom stereocenters. The molecule has 1 aliphatic heterocycles. The molecule has 4 heteroatoms. The normalized spacial score (nSPS) is 18.6. The maximum Gasteiger partial charge on any atom is 0.129 e. The van der Waals surface area contributed by atoms with Gasteiger partial charge >= 0.3 is 0 Å². The monoisotopic (exact) mass is 234 g/mol. The maximum atomic E-state index is 4.30. The first-order valence-corrected chi connectivity index (χ1v) is 6.42. The molecule has 1 aliphatic rings. The second-order valence-corrected chi connectivity index (χ2v) is 5.20. The van der Waals surface area contributed by atoms with Gasteiger partial charge in [-0.3, -0.25) is 0 Å². The molecule has 0 aromatic carbocycles. The molecule has 0 saturated carbocycles. The first kappa shape index (κ1) is 12.3. The van der Waals surface area contributed by atoms with E-state index >= 15 is 0 Å². The largest absolute Gasteiger partial charge is 0.367 e. The fourth-order valence-electron chi connectivity index (χ4n) is 2.13. The molecule has 94 valence electrons. The van der Waals surface area contributed by atoms with Gasteiger partial charge < -0.3 is 10.2 Å². The lowest BCUT2D eigenvalue weighted by Crippen LogP contribution is -2.36. The Morgan fingerprint density at radius 3 is 2.65 bits per heavy atom. The summed E-state index contributed by atoms with van der Waals surface area (Å²) >= 11 is 0. The van der Waals surface area contributed by atoms with Crippen LogP contribution < -0.4 is 5.32 Å². The van der Waals surface area contributed by atoms with Gasteiger partial charge in [0, 0.05) is 17.8 Å². The topological polar surface area (TPSA) is 41.0 Å². The number of aromatic nitrogens is 2. The van der Waals surface area contributed by atoms with Crippen molar-refractivity contribution in [2.45, 2.75) is 38.6 Å². The van der Waals surface area contributed by atoms with Gasteiger partial charge in [-0.2, -0.15) is 0 Å². The summed E-state index contributed by atoms with van der Waals surface area (Å²) in [6.45, 7) is 6.64. The SMILES string of the molecule is CC(C)c1cc(NC2CCN(C)CC2)ncn1. The van der Waals surface area contributed by atoms with Crippen molar-refractivity contribution < 1.29 is 0 Å². The zero-order valence-electron chi connectivity index (χ0n) is 11.0. The lowest BCUT2D eigenvalue weighted by molar-refractivity contribution is 0.263. The van der Waals surface area contributed by atoms with E-state index in [0.29, 0.717) is 12.0 Å². The van der Waals surface area contributed by atoms with Gasteiger partial charge in [0.2, 0.25) is 0 Å². The predicted octanol–water partition coefficient (Wildman–Crippen LogP) is 2.11. The van der Waals surface area contributed by atoms with Crippen molar-refractivity contribution in [1.29, 1.82) is 0 Å². The van der Waals surface area contributed by atoms with Crippen molar-refractivity contribution in [2.24, 2.45) is 0 Å². The Balaban J connectivity index is 1.96. The van der Waals surface area contributed by atoms with Crippen LogP contribution in [0.3, 0.4) is 0 Å². The summed E-state index contributed by atoms with van der Waals surface area (Å²) in [6.07, 6.45) is 4.04. The lowest BCUT2D eigenvalue weighted by Gasteiger charge is -2.29. The molecule has 4 nitrogen and oxygen atoms in total. The Kier molecular flexibility index (Phi) is 3.94. The van der Waals surface area contributed by atoms with Gasteiger partial charge in [-0.1, -0.05) is 13.8 Å². The molecule has 0 bridgehead atoms. The first-order chi connectivity index (χ1) is 8.15. The third kappa shape index (κ3) is 3.40. The van der Waals surface area contributed by atoms with Gasteiger partial charge in [0.05, 0.1) is 0 Å². The van der Waals surface area contributed by atoms with Crippen LogP contribution in [-0.4, -0.2) is 41.0 Å². The van der Waals surface area contributed by atoms with Gasteiger partial charge in [-0.25, -0.2) is 9.97 Å². The van der Waals surface area contributed by atoms with E-state index in [2.05, 4.69) is 47.1 Å². The second-order valence-electron chi connectivity index (χ2n) is 5.20. The molecule has 1 aromatic heterocycles. The number of nitrogens with one attached hydrogen (secondary N) is 1. The molecular formula is C13H22N4. The molecule has 1 saturated heterocycles. The molecular weight excluding hydrogens is 212 g/mol. The van der Waals surface area contributed by atoms with Crippen molar-refractivity contribution in [3.63, 3.8) is 0 Å². The van der Waals surface area contributed by atoms with Gasteiger partial charge in [-0.15, -0.1) is 0 Å². The number of anilines is 1. The second kappa shape index (κ2) is 5.45. The van der Waals surface area contributed by atoms with Crippen LogP contribution in [0.5, 0.6) is 0 Å². The number of piperidine rings is 1. The summed E-state index contributed by atoms with van der Waals surface area (Å²) in [5.74, 6) is 1.43. The van der Waals surface area contributed by atoms with Crippen LogP contribution in [0.2, 0.25) is 0 Å². The summed E-state index contributed by atoms with van der Waals surface area (Å²) in [5, 5.41) is 3.52. The zero-order chi connectivity index (χ0) is 12.3. The Hall–Kier alpha value is -1.16. The Morgan fingerprint density at radius 1 is 1.29 bits per heavy atom. The smallest absolute Gasteiger partial charge is 0.129 e. The van der Waals surface area contributed by atoms with Gasteiger partial charge in [-0.05, 0) is 38.9 Å². The fraction of sp³-hybridized carbons (Fsp3) is 0.692. The van der Waals surface area contributed by atoms with E-state index in [1.54, 1.807) is 6.33 Å². The van der Waals surface area contributed by atoms with Crippen molar-refractivity contribution in [2.75, 3.05) is 25.5 Å². The highest BCUT2D eigenvalue weighted by molar-refractivity contribution is 5.36. The van der Waals surface area contributed by atoms with E-state index < -0.39 is 0 Å². The average Bonchev–Trinajstić information content (AvgIpc) is 2.32. The van der Waals surface area contributed by atoms with Crippen LogP contribution in [-0.2, 0) is 0 Å². The molecule has 2 heterocycles. The van der Waals surface area contributed by atoms with E-state index in [1.807, 2.05) is 0 Å². The Labute approximate surface area is 103 Å². The van der Waals surface area contributed by atoms with Crippen LogP contribution in [0.15, 0.2) is 12.4 Å². The molecule has 0 aliphatic carbocycles. The van der Waals surface area contributed by atoms with E-state index in [4.69, 9.17) is 0 Å². The molecule has 1 N–H and O–H groups in total. The lowest BCUT2D eigenvalue weighted by atomic mass is 10.1. The van der Waals surface area contributed by atoms with E-state index in [0.717, 1.165) is 11.5 Å².